The quantitative estimate of drug-likeness (QED) is 0.589. The van der Waals surface area contributed by atoms with Crippen LogP contribution >= 0.6 is 11.8 Å². The fraction of sp³-hybridized carbons (Fsp3) is 0.118. The molecular weight excluding hydrogens is 312 g/mol. The molecule has 0 bridgehead atoms. The summed E-state index contributed by atoms with van der Waals surface area (Å²) in [5.41, 5.74) is 1.02. The molecule has 0 aliphatic heterocycles. The molecule has 0 radical (unpaired) electrons. The number of carboxylic acids is 1. The number of carboxylic acid groups (broad SMARTS) is 1. The van der Waals surface area contributed by atoms with Gasteiger partial charge in [0.05, 0.1) is 16.6 Å². The maximum Gasteiger partial charge on any atom is 0.316 e. The zero-order valence-electron chi connectivity index (χ0n) is 12.3. The number of fused-ring (bicyclic) bond motifs is 1. The number of para-hydroxylation sites is 2. The third-order valence-corrected chi connectivity index (χ3v) is 4.43. The van der Waals surface area contributed by atoms with Crippen LogP contribution in [0.4, 0.5) is 0 Å². The zero-order chi connectivity index (χ0) is 16.4. The minimum Gasteiger partial charge on any atom is -0.480 e. The first-order valence-corrected chi connectivity index (χ1v) is 7.92. The number of aliphatic carboxylic acids is 1. The third kappa shape index (κ3) is 2.98. The van der Waals surface area contributed by atoms with Gasteiger partial charge in [0, 0.05) is 0 Å². The number of thioether (sulfide) groups is 1. The summed E-state index contributed by atoms with van der Waals surface area (Å²) >= 11 is 1.05. The number of nitrogens with zero attached hydrogens (tertiary/aromatic N) is 2. The normalized spacial score (nSPS) is 12.2. The Morgan fingerprint density at radius 1 is 1.13 bits per heavy atom. The Hall–Kier alpha value is -2.60. The van der Waals surface area contributed by atoms with Gasteiger partial charge in [-0.25, -0.2) is 4.98 Å². The Morgan fingerprint density at radius 2 is 1.78 bits per heavy atom. The average molecular weight is 326 g/mol. The van der Waals surface area contributed by atoms with Crippen LogP contribution in [-0.2, 0) is 4.79 Å². The number of rotatable bonds is 4. The molecule has 0 aliphatic carbocycles. The van der Waals surface area contributed by atoms with Crippen LogP contribution in [-0.4, -0.2) is 25.9 Å². The highest BCUT2D eigenvalue weighted by atomic mass is 32.2. The summed E-state index contributed by atoms with van der Waals surface area (Å²) < 4.78 is 1.46. The van der Waals surface area contributed by atoms with E-state index in [-0.39, 0.29) is 5.56 Å². The van der Waals surface area contributed by atoms with E-state index in [9.17, 15) is 9.59 Å². The van der Waals surface area contributed by atoms with Crippen LogP contribution in [0.15, 0.2) is 64.5 Å². The van der Waals surface area contributed by atoms with Gasteiger partial charge in [-0.2, -0.15) is 0 Å². The third-order valence-electron chi connectivity index (χ3n) is 3.39. The van der Waals surface area contributed by atoms with E-state index >= 15 is 0 Å². The number of hydrogen-bond donors (Lipinski definition) is 1. The lowest BCUT2D eigenvalue weighted by Gasteiger charge is -2.14. The van der Waals surface area contributed by atoms with Crippen LogP contribution in [0.25, 0.3) is 16.6 Å². The minimum absolute atomic E-state index is 0.207. The summed E-state index contributed by atoms with van der Waals surface area (Å²) in [6, 6.07) is 16.2. The molecule has 0 spiro atoms. The Morgan fingerprint density at radius 3 is 2.48 bits per heavy atom. The molecule has 3 rings (SSSR count). The molecule has 0 fully saturated rings. The fourth-order valence-corrected chi connectivity index (χ4v) is 3.07. The standard InChI is InChI=1S/C17H14N2O3S/c1-11(16(21)22)23-17-18-14-10-6-5-9-13(14)15(20)19(17)12-7-3-2-4-8-12/h2-11H,1H3,(H,21,22). The van der Waals surface area contributed by atoms with Crippen LogP contribution in [0.2, 0.25) is 0 Å². The smallest absolute Gasteiger partial charge is 0.316 e. The molecule has 5 nitrogen and oxygen atoms in total. The van der Waals surface area contributed by atoms with Crippen LogP contribution < -0.4 is 5.56 Å². The van der Waals surface area contributed by atoms with E-state index in [0.717, 1.165) is 11.8 Å². The predicted molar refractivity (Wildman–Crippen MR) is 90.3 cm³/mol. The van der Waals surface area contributed by atoms with Gasteiger partial charge in [-0.1, -0.05) is 42.1 Å². The van der Waals surface area contributed by atoms with Crippen molar-refractivity contribution in [3.63, 3.8) is 0 Å². The van der Waals surface area contributed by atoms with Crippen molar-refractivity contribution in [1.29, 1.82) is 0 Å². The van der Waals surface area contributed by atoms with Gasteiger partial charge < -0.3 is 5.11 Å². The molecule has 0 saturated heterocycles. The molecule has 6 heteroatoms. The lowest BCUT2D eigenvalue weighted by molar-refractivity contribution is -0.136. The molecule has 1 atom stereocenters. The summed E-state index contributed by atoms with van der Waals surface area (Å²) in [4.78, 5) is 28.5. The number of benzene rings is 2. The van der Waals surface area contributed by atoms with Crippen molar-refractivity contribution in [2.24, 2.45) is 0 Å². The second-order valence-electron chi connectivity index (χ2n) is 4.99. The molecule has 1 unspecified atom stereocenters. The second kappa shape index (κ2) is 6.26. The van der Waals surface area contributed by atoms with E-state index in [1.54, 1.807) is 43.3 Å². The van der Waals surface area contributed by atoms with Crippen LogP contribution in [0.5, 0.6) is 0 Å². The molecule has 1 aromatic heterocycles. The maximum atomic E-state index is 12.9. The molecule has 0 aliphatic rings. The van der Waals surface area contributed by atoms with Crippen LogP contribution in [0.1, 0.15) is 6.92 Å². The first-order valence-electron chi connectivity index (χ1n) is 7.04. The minimum atomic E-state index is -0.947. The second-order valence-corrected chi connectivity index (χ2v) is 6.29. The highest BCUT2D eigenvalue weighted by Crippen LogP contribution is 2.24. The van der Waals surface area contributed by atoms with E-state index in [1.165, 1.54) is 4.57 Å². The lowest BCUT2D eigenvalue weighted by atomic mass is 10.2. The van der Waals surface area contributed by atoms with Crippen molar-refractivity contribution in [2.75, 3.05) is 0 Å². The van der Waals surface area contributed by atoms with Gasteiger partial charge in [0.25, 0.3) is 5.56 Å². The Bertz CT molecular complexity index is 922. The first kappa shape index (κ1) is 15.3. The van der Waals surface area contributed by atoms with Crippen molar-refractivity contribution in [2.45, 2.75) is 17.3 Å². The Labute approximate surface area is 136 Å². The highest BCUT2D eigenvalue weighted by molar-refractivity contribution is 8.00. The van der Waals surface area contributed by atoms with E-state index in [4.69, 9.17) is 5.11 Å². The molecule has 0 saturated carbocycles. The highest BCUT2D eigenvalue weighted by Gasteiger charge is 2.19. The number of hydrogen-bond acceptors (Lipinski definition) is 4. The molecular formula is C17H14N2O3S. The molecule has 1 heterocycles. The summed E-state index contributed by atoms with van der Waals surface area (Å²) in [7, 11) is 0. The number of carbonyl (C=O) groups is 1. The summed E-state index contributed by atoms with van der Waals surface area (Å²) in [6.07, 6.45) is 0. The van der Waals surface area contributed by atoms with Gasteiger partial charge in [0.15, 0.2) is 5.16 Å². The molecule has 2 aromatic carbocycles. The Balaban J connectivity index is 2.28. The Kier molecular flexibility index (Phi) is 4.16. The molecule has 3 aromatic rings. The van der Waals surface area contributed by atoms with E-state index < -0.39 is 11.2 Å². The topological polar surface area (TPSA) is 72.2 Å². The van der Waals surface area contributed by atoms with Crippen molar-refractivity contribution in [3.8, 4) is 5.69 Å². The SMILES string of the molecule is CC(Sc1nc2ccccc2c(=O)n1-c1ccccc1)C(=O)O. The largest absolute Gasteiger partial charge is 0.480 e. The molecule has 116 valence electrons. The monoisotopic (exact) mass is 326 g/mol. The first-order chi connectivity index (χ1) is 11.1. The van der Waals surface area contributed by atoms with Gasteiger partial charge in [0.2, 0.25) is 0 Å². The van der Waals surface area contributed by atoms with Crippen molar-refractivity contribution in [3.05, 3.63) is 65.0 Å². The van der Waals surface area contributed by atoms with Crippen molar-refractivity contribution < 1.29 is 9.90 Å². The van der Waals surface area contributed by atoms with E-state index in [0.29, 0.717) is 21.7 Å². The number of aromatic nitrogens is 2. The average Bonchev–Trinajstić information content (AvgIpc) is 2.56. The summed E-state index contributed by atoms with van der Waals surface area (Å²) in [5.74, 6) is -0.947. The van der Waals surface area contributed by atoms with E-state index in [1.807, 2.05) is 18.2 Å². The van der Waals surface area contributed by atoms with Crippen LogP contribution in [0, 0.1) is 0 Å². The summed E-state index contributed by atoms with van der Waals surface area (Å²) in [6.45, 7) is 1.57. The zero-order valence-corrected chi connectivity index (χ0v) is 13.2. The van der Waals surface area contributed by atoms with Crippen molar-refractivity contribution in [1.82, 2.24) is 9.55 Å². The van der Waals surface area contributed by atoms with Gasteiger partial charge in [-0.15, -0.1) is 0 Å². The van der Waals surface area contributed by atoms with Crippen molar-refractivity contribution >= 4 is 28.6 Å². The van der Waals surface area contributed by atoms with Gasteiger partial charge in [0.1, 0.15) is 5.25 Å². The van der Waals surface area contributed by atoms with Gasteiger partial charge in [-0.05, 0) is 31.2 Å². The van der Waals surface area contributed by atoms with Gasteiger partial charge >= 0.3 is 5.97 Å². The molecule has 1 N–H and O–H groups in total. The predicted octanol–water partition coefficient (Wildman–Crippen LogP) is 2.95. The maximum absolute atomic E-state index is 12.9. The van der Waals surface area contributed by atoms with E-state index in [2.05, 4.69) is 4.98 Å². The molecule has 0 amide bonds. The fourth-order valence-electron chi connectivity index (χ4n) is 2.20. The lowest BCUT2D eigenvalue weighted by Crippen LogP contribution is -2.23. The van der Waals surface area contributed by atoms with Crippen LogP contribution in [0.3, 0.4) is 0 Å². The summed E-state index contributed by atoms with van der Waals surface area (Å²) in [5, 5.41) is 9.31. The molecule has 23 heavy (non-hydrogen) atoms. The van der Waals surface area contributed by atoms with Gasteiger partial charge in [-0.3, -0.25) is 14.2 Å².